The van der Waals surface area contributed by atoms with Crippen molar-refractivity contribution in [2.45, 2.75) is 57.9 Å². The summed E-state index contributed by atoms with van der Waals surface area (Å²) < 4.78 is 0. The highest BCUT2D eigenvalue weighted by atomic mass is 15.0. The third-order valence-electron chi connectivity index (χ3n) is 4.04. The Balaban J connectivity index is 1.98. The second-order valence-corrected chi connectivity index (χ2v) is 5.53. The fourth-order valence-electron chi connectivity index (χ4n) is 2.97. The lowest BCUT2D eigenvalue weighted by Gasteiger charge is -2.30. The number of hydrogen-bond donors (Lipinski definition) is 2. The first-order valence-corrected chi connectivity index (χ1v) is 7.61. The molecule has 0 aromatic carbocycles. The molecule has 1 aliphatic rings. The van der Waals surface area contributed by atoms with Crippen LogP contribution >= 0.6 is 0 Å². The summed E-state index contributed by atoms with van der Waals surface area (Å²) in [6.45, 7) is 2.84. The Hall–Kier alpha value is -1.16. The molecule has 0 radical (unpaired) electrons. The molecule has 1 fully saturated rings. The minimum Gasteiger partial charge on any atom is -0.366 e. The average molecular weight is 262 g/mol. The molecule has 0 aliphatic heterocycles. The number of nitrogens with zero attached hydrogens (tertiary/aromatic N) is 2. The van der Waals surface area contributed by atoms with Gasteiger partial charge in [0.1, 0.15) is 12.1 Å². The Bertz CT molecular complexity index is 374. The van der Waals surface area contributed by atoms with E-state index in [9.17, 15) is 0 Å². The SMILES string of the molecule is CCCc1cc(NC(CN)C2CCCCC2)ncn1. The van der Waals surface area contributed by atoms with Gasteiger partial charge in [0.05, 0.1) is 0 Å². The highest BCUT2D eigenvalue weighted by Gasteiger charge is 2.22. The molecule has 1 atom stereocenters. The van der Waals surface area contributed by atoms with Crippen molar-refractivity contribution in [3.63, 3.8) is 0 Å². The number of aromatic nitrogens is 2. The second-order valence-electron chi connectivity index (χ2n) is 5.53. The molecule has 1 heterocycles. The van der Waals surface area contributed by atoms with Gasteiger partial charge in [-0.15, -0.1) is 0 Å². The van der Waals surface area contributed by atoms with Gasteiger partial charge in [-0.25, -0.2) is 9.97 Å². The minimum absolute atomic E-state index is 0.352. The largest absolute Gasteiger partial charge is 0.366 e. The number of rotatable bonds is 6. The van der Waals surface area contributed by atoms with Crippen LogP contribution in [0.25, 0.3) is 0 Å². The van der Waals surface area contributed by atoms with Crippen LogP contribution in [-0.2, 0) is 6.42 Å². The molecule has 0 bridgehead atoms. The molecule has 1 aromatic heterocycles. The third-order valence-corrected chi connectivity index (χ3v) is 4.04. The zero-order chi connectivity index (χ0) is 13.5. The number of anilines is 1. The maximum absolute atomic E-state index is 5.94. The van der Waals surface area contributed by atoms with Gasteiger partial charge in [-0.1, -0.05) is 32.6 Å². The van der Waals surface area contributed by atoms with Gasteiger partial charge in [0.2, 0.25) is 0 Å². The number of aryl methyl sites for hydroxylation is 1. The minimum atomic E-state index is 0.352. The smallest absolute Gasteiger partial charge is 0.129 e. The van der Waals surface area contributed by atoms with Crippen molar-refractivity contribution in [2.75, 3.05) is 11.9 Å². The first kappa shape index (κ1) is 14.3. The maximum Gasteiger partial charge on any atom is 0.129 e. The summed E-state index contributed by atoms with van der Waals surface area (Å²) >= 11 is 0. The van der Waals surface area contributed by atoms with Crippen molar-refractivity contribution in [2.24, 2.45) is 11.7 Å². The molecular formula is C15H26N4. The fraction of sp³-hybridized carbons (Fsp3) is 0.733. The van der Waals surface area contributed by atoms with Gasteiger partial charge in [0.25, 0.3) is 0 Å². The van der Waals surface area contributed by atoms with E-state index in [1.165, 1.54) is 32.1 Å². The van der Waals surface area contributed by atoms with Crippen LogP contribution in [0.3, 0.4) is 0 Å². The van der Waals surface area contributed by atoms with Gasteiger partial charge in [0, 0.05) is 24.3 Å². The van der Waals surface area contributed by atoms with E-state index in [1.54, 1.807) is 6.33 Å². The van der Waals surface area contributed by atoms with Crippen LogP contribution in [-0.4, -0.2) is 22.6 Å². The highest BCUT2D eigenvalue weighted by molar-refractivity contribution is 5.36. The molecule has 106 valence electrons. The Labute approximate surface area is 116 Å². The van der Waals surface area contributed by atoms with Crippen molar-refractivity contribution >= 4 is 5.82 Å². The van der Waals surface area contributed by atoms with Crippen molar-refractivity contribution in [1.29, 1.82) is 0 Å². The molecule has 1 saturated carbocycles. The number of hydrogen-bond acceptors (Lipinski definition) is 4. The second kappa shape index (κ2) is 7.43. The van der Waals surface area contributed by atoms with Crippen molar-refractivity contribution in [3.05, 3.63) is 18.1 Å². The molecular weight excluding hydrogens is 236 g/mol. The first-order valence-electron chi connectivity index (χ1n) is 7.61. The number of nitrogens with two attached hydrogens (primary N) is 1. The molecule has 0 saturated heterocycles. The van der Waals surface area contributed by atoms with Gasteiger partial charge in [-0.3, -0.25) is 0 Å². The van der Waals surface area contributed by atoms with Gasteiger partial charge in [-0.05, 0) is 25.2 Å². The molecule has 2 rings (SSSR count). The summed E-state index contributed by atoms with van der Waals surface area (Å²) in [5.41, 5.74) is 7.05. The van der Waals surface area contributed by atoms with Crippen LogP contribution in [0.15, 0.2) is 12.4 Å². The zero-order valence-corrected chi connectivity index (χ0v) is 11.9. The van der Waals surface area contributed by atoms with Gasteiger partial charge in [0.15, 0.2) is 0 Å². The van der Waals surface area contributed by atoms with Crippen molar-refractivity contribution in [1.82, 2.24) is 9.97 Å². The summed E-state index contributed by atoms with van der Waals surface area (Å²) in [4.78, 5) is 8.62. The Kier molecular flexibility index (Phi) is 5.58. The zero-order valence-electron chi connectivity index (χ0n) is 11.9. The van der Waals surface area contributed by atoms with Gasteiger partial charge < -0.3 is 11.1 Å². The normalized spacial score (nSPS) is 18.2. The van der Waals surface area contributed by atoms with Crippen LogP contribution < -0.4 is 11.1 Å². The van der Waals surface area contributed by atoms with E-state index < -0.39 is 0 Å². The Morgan fingerprint density at radius 1 is 1.32 bits per heavy atom. The van der Waals surface area contributed by atoms with E-state index in [4.69, 9.17) is 5.73 Å². The molecule has 3 N–H and O–H groups in total. The summed E-state index contributed by atoms with van der Waals surface area (Å²) in [5.74, 6) is 1.63. The van der Waals surface area contributed by atoms with E-state index in [0.29, 0.717) is 18.5 Å². The average Bonchev–Trinajstić information content (AvgIpc) is 2.46. The van der Waals surface area contributed by atoms with Gasteiger partial charge in [-0.2, -0.15) is 0 Å². The van der Waals surface area contributed by atoms with E-state index in [0.717, 1.165) is 24.4 Å². The molecule has 1 aromatic rings. The Morgan fingerprint density at radius 3 is 2.79 bits per heavy atom. The monoisotopic (exact) mass is 262 g/mol. The van der Waals surface area contributed by atoms with Crippen molar-refractivity contribution in [3.8, 4) is 0 Å². The molecule has 0 spiro atoms. The predicted molar refractivity (Wildman–Crippen MR) is 79.1 cm³/mol. The Morgan fingerprint density at radius 2 is 2.11 bits per heavy atom. The van der Waals surface area contributed by atoms with Crippen LogP contribution in [0.2, 0.25) is 0 Å². The summed E-state index contributed by atoms with van der Waals surface area (Å²) in [6, 6.07) is 2.42. The lowest BCUT2D eigenvalue weighted by molar-refractivity contribution is 0.320. The lowest BCUT2D eigenvalue weighted by atomic mass is 9.84. The molecule has 19 heavy (non-hydrogen) atoms. The summed E-state index contributed by atoms with van der Waals surface area (Å²) in [6.07, 6.45) is 10.4. The molecule has 0 amide bonds. The fourth-order valence-corrected chi connectivity index (χ4v) is 2.97. The van der Waals surface area contributed by atoms with Crippen LogP contribution in [0.4, 0.5) is 5.82 Å². The standard InChI is InChI=1S/C15H26N4/c1-2-6-13-9-15(18-11-17-13)19-14(10-16)12-7-4-3-5-8-12/h9,11-12,14H,2-8,10,16H2,1H3,(H,17,18,19). The third kappa shape index (κ3) is 4.16. The van der Waals surface area contributed by atoms with E-state index in [1.807, 2.05) is 0 Å². The lowest BCUT2D eigenvalue weighted by Crippen LogP contribution is -2.37. The van der Waals surface area contributed by atoms with E-state index in [2.05, 4.69) is 28.3 Å². The topological polar surface area (TPSA) is 63.8 Å². The number of nitrogens with one attached hydrogen (secondary N) is 1. The quantitative estimate of drug-likeness (QED) is 0.827. The van der Waals surface area contributed by atoms with Crippen LogP contribution in [0.1, 0.15) is 51.1 Å². The summed E-state index contributed by atoms with van der Waals surface area (Å²) in [5, 5.41) is 3.52. The van der Waals surface area contributed by atoms with E-state index >= 15 is 0 Å². The van der Waals surface area contributed by atoms with E-state index in [-0.39, 0.29) is 0 Å². The van der Waals surface area contributed by atoms with Crippen LogP contribution in [0.5, 0.6) is 0 Å². The van der Waals surface area contributed by atoms with Gasteiger partial charge >= 0.3 is 0 Å². The van der Waals surface area contributed by atoms with Crippen LogP contribution in [0, 0.1) is 5.92 Å². The highest BCUT2D eigenvalue weighted by Crippen LogP contribution is 2.27. The molecule has 4 nitrogen and oxygen atoms in total. The maximum atomic E-state index is 5.94. The molecule has 1 unspecified atom stereocenters. The van der Waals surface area contributed by atoms with Crippen molar-refractivity contribution < 1.29 is 0 Å². The summed E-state index contributed by atoms with van der Waals surface area (Å²) in [7, 11) is 0. The first-order chi connectivity index (χ1) is 9.33. The molecule has 4 heteroatoms. The predicted octanol–water partition coefficient (Wildman–Crippen LogP) is 2.75. The molecule has 1 aliphatic carbocycles.